The molecule has 0 unspecified atom stereocenters. The fraction of sp³-hybridized carbons (Fsp3) is 0.524. The maximum absolute atomic E-state index is 12.2. The molecule has 1 saturated carbocycles. The summed E-state index contributed by atoms with van der Waals surface area (Å²) in [7, 11) is 2.22. The standard InChI is InChI=1S/C21H29N3O/c1-24(19-11-3-2-4-12-19)15-7-14-22-20(25)16-18-9-5-8-17-10-6-13-23-21(17)18/h5-6,8-10,13,19H,2-4,7,11-12,14-16H2,1H3,(H,22,25). The van der Waals surface area contributed by atoms with Crippen molar-refractivity contribution in [2.75, 3.05) is 20.1 Å². The first-order valence-electron chi connectivity index (χ1n) is 9.53. The summed E-state index contributed by atoms with van der Waals surface area (Å²) in [5.41, 5.74) is 1.92. The van der Waals surface area contributed by atoms with Crippen molar-refractivity contribution in [1.82, 2.24) is 15.2 Å². The minimum atomic E-state index is 0.0819. The van der Waals surface area contributed by atoms with E-state index in [0.29, 0.717) is 6.42 Å². The molecule has 0 radical (unpaired) electrons. The molecule has 4 nitrogen and oxygen atoms in total. The summed E-state index contributed by atoms with van der Waals surface area (Å²) in [6.07, 6.45) is 9.97. The molecule has 1 aliphatic carbocycles. The summed E-state index contributed by atoms with van der Waals surface area (Å²) in [6.45, 7) is 1.80. The molecule has 1 fully saturated rings. The number of amides is 1. The van der Waals surface area contributed by atoms with E-state index >= 15 is 0 Å². The van der Waals surface area contributed by atoms with Gasteiger partial charge >= 0.3 is 0 Å². The van der Waals surface area contributed by atoms with Crippen LogP contribution in [0.3, 0.4) is 0 Å². The highest BCUT2D eigenvalue weighted by Crippen LogP contribution is 2.21. The number of hydrogen-bond donors (Lipinski definition) is 1. The van der Waals surface area contributed by atoms with Crippen LogP contribution in [-0.2, 0) is 11.2 Å². The van der Waals surface area contributed by atoms with Crippen molar-refractivity contribution in [2.24, 2.45) is 0 Å². The number of para-hydroxylation sites is 1. The third-order valence-corrected chi connectivity index (χ3v) is 5.28. The van der Waals surface area contributed by atoms with E-state index in [1.165, 1.54) is 32.1 Å². The highest BCUT2D eigenvalue weighted by Gasteiger charge is 2.17. The first-order valence-corrected chi connectivity index (χ1v) is 9.53. The molecular formula is C21H29N3O. The van der Waals surface area contributed by atoms with Crippen LogP contribution in [0.1, 0.15) is 44.1 Å². The van der Waals surface area contributed by atoms with E-state index in [1.54, 1.807) is 6.20 Å². The van der Waals surface area contributed by atoms with Gasteiger partial charge in [0.25, 0.3) is 0 Å². The number of carbonyl (C=O) groups is 1. The number of nitrogens with zero attached hydrogens (tertiary/aromatic N) is 2. The summed E-state index contributed by atoms with van der Waals surface area (Å²) in [5.74, 6) is 0.0819. The molecule has 2 aromatic rings. The van der Waals surface area contributed by atoms with E-state index in [-0.39, 0.29) is 5.91 Å². The van der Waals surface area contributed by atoms with Crippen molar-refractivity contribution >= 4 is 16.8 Å². The lowest BCUT2D eigenvalue weighted by Crippen LogP contribution is -2.36. The van der Waals surface area contributed by atoms with Gasteiger partial charge in [0, 0.05) is 24.2 Å². The lowest BCUT2D eigenvalue weighted by molar-refractivity contribution is -0.120. The largest absolute Gasteiger partial charge is 0.356 e. The van der Waals surface area contributed by atoms with Gasteiger partial charge in [0.05, 0.1) is 11.9 Å². The zero-order valence-electron chi connectivity index (χ0n) is 15.2. The number of rotatable bonds is 7. The van der Waals surface area contributed by atoms with Gasteiger partial charge in [0.1, 0.15) is 0 Å². The Hall–Kier alpha value is -1.94. The maximum Gasteiger partial charge on any atom is 0.224 e. The van der Waals surface area contributed by atoms with Crippen LogP contribution >= 0.6 is 0 Å². The average Bonchev–Trinajstić information content (AvgIpc) is 2.66. The van der Waals surface area contributed by atoms with Crippen LogP contribution in [0.15, 0.2) is 36.5 Å². The number of carbonyl (C=O) groups excluding carboxylic acids is 1. The van der Waals surface area contributed by atoms with Crippen molar-refractivity contribution in [2.45, 2.75) is 51.0 Å². The lowest BCUT2D eigenvalue weighted by Gasteiger charge is -2.31. The zero-order valence-corrected chi connectivity index (χ0v) is 15.2. The fourth-order valence-corrected chi connectivity index (χ4v) is 3.81. The average molecular weight is 339 g/mol. The van der Waals surface area contributed by atoms with Gasteiger partial charge in [-0.1, -0.05) is 43.5 Å². The van der Waals surface area contributed by atoms with Crippen LogP contribution in [-0.4, -0.2) is 42.0 Å². The second kappa shape index (κ2) is 8.95. The van der Waals surface area contributed by atoms with E-state index < -0.39 is 0 Å². The molecule has 1 aromatic heterocycles. The molecule has 134 valence electrons. The van der Waals surface area contributed by atoms with Crippen LogP contribution in [0.25, 0.3) is 10.9 Å². The Kier molecular flexibility index (Phi) is 6.40. The fourth-order valence-electron chi connectivity index (χ4n) is 3.81. The first-order chi connectivity index (χ1) is 12.2. The number of fused-ring (bicyclic) bond motifs is 1. The van der Waals surface area contributed by atoms with E-state index in [9.17, 15) is 4.79 Å². The molecule has 25 heavy (non-hydrogen) atoms. The third-order valence-electron chi connectivity index (χ3n) is 5.28. The number of hydrogen-bond acceptors (Lipinski definition) is 3. The van der Waals surface area contributed by atoms with Gasteiger partial charge in [-0.25, -0.2) is 0 Å². The molecule has 0 aliphatic heterocycles. The van der Waals surface area contributed by atoms with Crippen LogP contribution in [0.2, 0.25) is 0 Å². The molecule has 0 atom stereocenters. The Morgan fingerprint density at radius 1 is 1.20 bits per heavy atom. The molecule has 4 heteroatoms. The van der Waals surface area contributed by atoms with Crippen molar-refractivity contribution in [3.05, 3.63) is 42.1 Å². The Bertz CT molecular complexity index is 689. The van der Waals surface area contributed by atoms with Crippen molar-refractivity contribution in [3.63, 3.8) is 0 Å². The Morgan fingerprint density at radius 2 is 2.00 bits per heavy atom. The highest BCUT2D eigenvalue weighted by molar-refractivity contribution is 5.87. The second-order valence-electron chi connectivity index (χ2n) is 7.14. The SMILES string of the molecule is CN(CCCNC(=O)Cc1cccc2cccnc12)C1CCCCC1. The molecule has 1 N–H and O–H groups in total. The normalized spacial score (nSPS) is 15.6. The van der Waals surface area contributed by atoms with Crippen LogP contribution in [0.4, 0.5) is 0 Å². The molecule has 0 saturated heterocycles. The molecule has 1 aromatic carbocycles. The molecule has 1 heterocycles. The van der Waals surface area contributed by atoms with E-state index in [1.807, 2.05) is 30.3 Å². The number of pyridine rings is 1. The summed E-state index contributed by atoms with van der Waals surface area (Å²) in [4.78, 5) is 19.1. The molecule has 0 bridgehead atoms. The van der Waals surface area contributed by atoms with Crippen molar-refractivity contribution in [3.8, 4) is 0 Å². The van der Waals surface area contributed by atoms with Crippen molar-refractivity contribution in [1.29, 1.82) is 0 Å². The van der Waals surface area contributed by atoms with E-state index in [4.69, 9.17) is 0 Å². The predicted molar refractivity (Wildman–Crippen MR) is 103 cm³/mol. The van der Waals surface area contributed by atoms with Gasteiger partial charge in [-0.2, -0.15) is 0 Å². The monoisotopic (exact) mass is 339 g/mol. The lowest BCUT2D eigenvalue weighted by atomic mass is 9.94. The smallest absolute Gasteiger partial charge is 0.224 e. The van der Waals surface area contributed by atoms with Gasteiger partial charge in [0.15, 0.2) is 0 Å². The quantitative estimate of drug-likeness (QED) is 0.785. The molecule has 0 spiro atoms. The summed E-state index contributed by atoms with van der Waals surface area (Å²) < 4.78 is 0. The number of aromatic nitrogens is 1. The highest BCUT2D eigenvalue weighted by atomic mass is 16.1. The Labute approximate surface area is 150 Å². The summed E-state index contributed by atoms with van der Waals surface area (Å²) in [6, 6.07) is 10.7. The molecule has 1 amide bonds. The maximum atomic E-state index is 12.2. The number of benzene rings is 1. The Morgan fingerprint density at radius 3 is 2.84 bits per heavy atom. The zero-order chi connectivity index (χ0) is 17.5. The van der Waals surface area contributed by atoms with Gasteiger partial charge in [0.2, 0.25) is 5.91 Å². The topological polar surface area (TPSA) is 45.2 Å². The third kappa shape index (κ3) is 5.02. The molecule has 1 aliphatic rings. The van der Waals surface area contributed by atoms with Gasteiger partial charge in [-0.3, -0.25) is 9.78 Å². The Balaban J connectivity index is 1.42. The van der Waals surface area contributed by atoms with Gasteiger partial charge in [-0.05, 0) is 44.5 Å². The predicted octanol–water partition coefficient (Wildman–Crippen LogP) is 3.55. The minimum Gasteiger partial charge on any atom is -0.356 e. The summed E-state index contributed by atoms with van der Waals surface area (Å²) >= 11 is 0. The molecule has 3 rings (SSSR count). The van der Waals surface area contributed by atoms with E-state index in [2.05, 4.69) is 22.2 Å². The minimum absolute atomic E-state index is 0.0819. The van der Waals surface area contributed by atoms with Gasteiger partial charge < -0.3 is 10.2 Å². The number of nitrogens with one attached hydrogen (secondary N) is 1. The van der Waals surface area contributed by atoms with Crippen LogP contribution in [0.5, 0.6) is 0 Å². The first kappa shape index (κ1) is 17.9. The van der Waals surface area contributed by atoms with Crippen LogP contribution < -0.4 is 5.32 Å². The van der Waals surface area contributed by atoms with E-state index in [0.717, 1.165) is 42.0 Å². The molecular weight excluding hydrogens is 310 g/mol. The van der Waals surface area contributed by atoms with Gasteiger partial charge in [-0.15, -0.1) is 0 Å². The van der Waals surface area contributed by atoms with Crippen LogP contribution in [0, 0.1) is 0 Å². The van der Waals surface area contributed by atoms with Crippen molar-refractivity contribution < 1.29 is 4.79 Å². The second-order valence-corrected chi connectivity index (χ2v) is 7.14. The summed E-state index contributed by atoms with van der Waals surface area (Å²) in [5, 5.41) is 4.15.